The van der Waals surface area contributed by atoms with Crippen molar-refractivity contribution >= 4 is 5.82 Å². The van der Waals surface area contributed by atoms with Gasteiger partial charge in [0, 0.05) is 18.7 Å². The molecule has 0 amide bonds. The molecule has 1 aromatic carbocycles. The van der Waals surface area contributed by atoms with Crippen LogP contribution < -0.4 is 4.90 Å². The summed E-state index contributed by atoms with van der Waals surface area (Å²) in [5.74, 6) is 2.71. The summed E-state index contributed by atoms with van der Waals surface area (Å²) in [6, 6.07) is 7.26. The van der Waals surface area contributed by atoms with E-state index in [1.54, 1.807) is 12.3 Å². The lowest BCUT2D eigenvalue weighted by Gasteiger charge is -2.34. The molecule has 1 fully saturated rings. The SMILES string of the molecule is CC(C)C1CCN(c2cncc(-c3ccccc3O)n2)CC1. The van der Waals surface area contributed by atoms with Crippen LogP contribution in [0.15, 0.2) is 36.7 Å². The predicted octanol–water partition coefficient (Wildman–Crippen LogP) is 3.72. The first-order chi connectivity index (χ1) is 10.6. The van der Waals surface area contributed by atoms with E-state index in [9.17, 15) is 5.11 Å². The number of hydrogen-bond acceptors (Lipinski definition) is 4. The van der Waals surface area contributed by atoms with Crippen LogP contribution in [0.2, 0.25) is 0 Å². The summed E-state index contributed by atoms with van der Waals surface area (Å²) < 4.78 is 0. The lowest BCUT2D eigenvalue weighted by molar-refractivity contribution is 0.310. The molecule has 1 aromatic heterocycles. The number of anilines is 1. The van der Waals surface area contributed by atoms with Crippen molar-refractivity contribution in [2.24, 2.45) is 11.8 Å². The van der Waals surface area contributed by atoms with Gasteiger partial charge in [0.15, 0.2) is 0 Å². The molecule has 0 spiro atoms. The van der Waals surface area contributed by atoms with Crippen molar-refractivity contribution in [1.29, 1.82) is 0 Å². The molecule has 1 aliphatic heterocycles. The van der Waals surface area contributed by atoms with E-state index < -0.39 is 0 Å². The summed E-state index contributed by atoms with van der Waals surface area (Å²) in [7, 11) is 0. The van der Waals surface area contributed by atoms with Crippen molar-refractivity contribution in [2.45, 2.75) is 26.7 Å². The first-order valence-corrected chi connectivity index (χ1v) is 8.00. The summed E-state index contributed by atoms with van der Waals surface area (Å²) in [6.45, 7) is 6.67. The lowest BCUT2D eigenvalue weighted by atomic mass is 9.87. The number of piperidine rings is 1. The molecule has 1 N–H and O–H groups in total. The molecule has 0 unspecified atom stereocenters. The number of para-hydroxylation sites is 1. The highest BCUT2D eigenvalue weighted by atomic mass is 16.3. The number of phenols is 1. The van der Waals surface area contributed by atoms with E-state index in [0.29, 0.717) is 0 Å². The summed E-state index contributed by atoms with van der Waals surface area (Å²) in [4.78, 5) is 11.3. The zero-order valence-electron chi connectivity index (χ0n) is 13.2. The number of hydrogen-bond donors (Lipinski definition) is 1. The second kappa shape index (κ2) is 6.34. The van der Waals surface area contributed by atoms with Crippen molar-refractivity contribution in [3.05, 3.63) is 36.7 Å². The van der Waals surface area contributed by atoms with E-state index in [0.717, 1.165) is 42.0 Å². The van der Waals surface area contributed by atoms with E-state index in [1.165, 1.54) is 12.8 Å². The highest BCUT2D eigenvalue weighted by molar-refractivity contribution is 5.67. The highest BCUT2D eigenvalue weighted by Gasteiger charge is 2.22. The van der Waals surface area contributed by atoms with Crippen LogP contribution >= 0.6 is 0 Å². The number of aromatic hydroxyl groups is 1. The summed E-state index contributed by atoms with van der Waals surface area (Å²) in [5.41, 5.74) is 1.45. The molecule has 0 saturated carbocycles. The van der Waals surface area contributed by atoms with Crippen LogP contribution in [0.5, 0.6) is 5.75 Å². The van der Waals surface area contributed by atoms with Gasteiger partial charge in [-0.25, -0.2) is 4.98 Å². The molecule has 1 aliphatic rings. The maximum absolute atomic E-state index is 9.98. The number of benzene rings is 1. The van der Waals surface area contributed by atoms with Crippen molar-refractivity contribution in [3.63, 3.8) is 0 Å². The van der Waals surface area contributed by atoms with Crippen molar-refractivity contribution in [3.8, 4) is 17.0 Å². The Balaban J connectivity index is 1.79. The Hall–Kier alpha value is -2.10. The third kappa shape index (κ3) is 3.06. The van der Waals surface area contributed by atoms with Gasteiger partial charge in [-0.2, -0.15) is 0 Å². The Kier molecular flexibility index (Phi) is 4.27. The fourth-order valence-corrected chi connectivity index (χ4v) is 3.12. The molecule has 3 rings (SSSR count). The molecule has 4 nitrogen and oxygen atoms in total. The van der Waals surface area contributed by atoms with Crippen LogP contribution in [0, 0.1) is 11.8 Å². The fraction of sp³-hybridized carbons (Fsp3) is 0.444. The Labute approximate surface area is 131 Å². The van der Waals surface area contributed by atoms with Gasteiger partial charge in [-0.05, 0) is 36.8 Å². The summed E-state index contributed by atoms with van der Waals surface area (Å²) in [5, 5.41) is 9.98. The molecule has 116 valence electrons. The van der Waals surface area contributed by atoms with E-state index >= 15 is 0 Å². The van der Waals surface area contributed by atoms with Crippen LogP contribution in [-0.4, -0.2) is 28.2 Å². The average molecular weight is 297 g/mol. The number of phenolic OH excluding ortho intramolecular Hbond substituents is 1. The van der Waals surface area contributed by atoms with Gasteiger partial charge in [0.25, 0.3) is 0 Å². The molecule has 0 aliphatic carbocycles. The predicted molar refractivity (Wildman–Crippen MR) is 88.9 cm³/mol. The molecule has 2 aromatic rings. The van der Waals surface area contributed by atoms with E-state index in [1.807, 2.05) is 24.4 Å². The van der Waals surface area contributed by atoms with Crippen LogP contribution in [0.3, 0.4) is 0 Å². The molecular weight excluding hydrogens is 274 g/mol. The van der Waals surface area contributed by atoms with Gasteiger partial charge in [-0.1, -0.05) is 26.0 Å². The first-order valence-electron chi connectivity index (χ1n) is 8.00. The third-order valence-corrected chi connectivity index (χ3v) is 4.61. The molecule has 2 heterocycles. The molecule has 22 heavy (non-hydrogen) atoms. The van der Waals surface area contributed by atoms with Gasteiger partial charge in [-0.3, -0.25) is 4.98 Å². The largest absolute Gasteiger partial charge is 0.507 e. The Morgan fingerprint density at radius 2 is 1.86 bits per heavy atom. The topological polar surface area (TPSA) is 49.2 Å². The molecular formula is C18H23N3O. The maximum atomic E-state index is 9.98. The maximum Gasteiger partial charge on any atom is 0.147 e. The minimum absolute atomic E-state index is 0.243. The minimum Gasteiger partial charge on any atom is -0.507 e. The fourth-order valence-electron chi connectivity index (χ4n) is 3.12. The quantitative estimate of drug-likeness (QED) is 0.938. The van der Waals surface area contributed by atoms with Crippen LogP contribution in [-0.2, 0) is 0 Å². The van der Waals surface area contributed by atoms with Crippen LogP contribution in [0.4, 0.5) is 5.82 Å². The van der Waals surface area contributed by atoms with Gasteiger partial charge >= 0.3 is 0 Å². The Bertz CT molecular complexity index is 634. The number of rotatable bonds is 3. The molecule has 4 heteroatoms. The van der Waals surface area contributed by atoms with Gasteiger partial charge in [0.05, 0.1) is 18.1 Å². The third-order valence-electron chi connectivity index (χ3n) is 4.61. The van der Waals surface area contributed by atoms with Crippen molar-refractivity contribution < 1.29 is 5.11 Å². The van der Waals surface area contributed by atoms with E-state index in [2.05, 4.69) is 23.7 Å². The second-order valence-electron chi connectivity index (χ2n) is 6.35. The van der Waals surface area contributed by atoms with Crippen LogP contribution in [0.25, 0.3) is 11.3 Å². The zero-order chi connectivity index (χ0) is 15.5. The monoisotopic (exact) mass is 297 g/mol. The zero-order valence-corrected chi connectivity index (χ0v) is 13.2. The van der Waals surface area contributed by atoms with E-state index in [4.69, 9.17) is 4.98 Å². The Morgan fingerprint density at radius 1 is 1.14 bits per heavy atom. The van der Waals surface area contributed by atoms with Crippen molar-refractivity contribution in [2.75, 3.05) is 18.0 Å². The molecule has 0 atom stereocenters. The van der Waals surface area contributed by atoms with Crippen molar-refractivity contribution in [1.82, 2.24) is 9.97 Å². The highest BCUT2D eigenvalue weighted by Crippen LogP contribution is 2.30. The first kappa shape index (κ1) is 14.8. The van der Waals surface area contributed by atoms with Gasteiger partial charge in [0.2, 0.25) is 0 Å². The second-order valence-corrected chi connectivity index (χ2v) is 6.35. The molecule has 0 bridgehead atoms. The van der Waals surface area contributed by atoms with Gasteiger partial charge < -0.3 is 10.0 Å². The average Bonchev–Trinajstić information content (AvgIpc) is 2.55. The minimum atomic E-state index is 0.243. The lowest BCUT2D eigenvalue weighted by Crippen LogP contribution is -2.35. The number of aromatic nitrogens is 2. The standard InChI is InChI=1S/C18H23N3O/c1-13(2)14-7-9-21(10-8-14)18-12-19-11-16(20-18)15-5-3-4-6-17(15)22/h3-6,11-14,22H,7-10H2,1-2H3. The molecule has 1 saturated heterocycles. The molecule has 0 radical (unpaired) electrons. The van der Waals surface area contributed by atoms with Gasteiger partial charge in [0.1, 0.15) is 11.6 Å². The van der Waals surface area contributed by atoms with E-state index in [-0.39, 0.29) is 5.75 Å². The van der Waals surface area contributed by atoms with Crippen LogP contribution in [0.1, 0.15) is 26.7 Å². The smallest absolute Gasteiger partial charge is 0.147 e. The summed E-state index contributed by atoms with van der Waals surface area (Å²) in [6.07, 6.45) is 5.94. The normalized spacial score (nSPS) is 16.2. The number of nitrogens with zero attached hydrogens (tertiary/aromatic N) is 3. The summed E-state index contributed by atoms with van der Waals surface area (Å²) >= 11 is 0. The Morgan fingerprint density at radius 3 is 2.55 bits per heavy atom. The van der Waals surface area contributed by atoms with Gasteiger partial charge in [-0.15, -0.1) is 0 Å².